The van der Waals surface area contributed by atoms with Gasteiger partial charge in [-0.25, -0.2) is 9.69 Å². The Labute approximate surface area is 150 Å². The van der Waals surface area contributed by atoms with Gasteiger partial charge in [0.1, 0.15) is 0 Å². The van der Waals surface area contributed by atoms with E-state index in [4.69, 9.17) is 0 Å². The van der Waals surface area contributed by atoms with Gasteiger partial charge in [0.25, 0.3) is 17.4 Å². The van der Waals surface area contributed by atoms with E-state index in [2.05, 4.69) is 4.74 Å². The summed E-state index contributed by atoms with van der Waals surface area (Å²) in [6.07, 6.45) is -5.34. The lowest BCUT2D eigenvalue weighted by Gasteiger charge is -2.28. The van der Waals surface area contributed by atoms with Crippen molar-refractivity contribution in [2.24, 2.45) is 0 Å². The van der Waals surface area contributed by atoms with Crippen LogP contribution in [0.3, 0.4) is 0 Å². The van der Waals surface area contributed by atoms with Gasteiger partial charge in [-0.3, -0.25) is 9.59 Å². The molecule has 0 saturated heterocycles. The number of fused-ring (bicyclic) bond motifs is 1. The van der Waals surface area contributed by atoms with Gasteiger partial charge in [0, 0.05) is 5.56 Å². The normalized spacial score (nSPS) is 16.1. The minimum atomic E-state index is -5.34. The van der Waals surface area contributed by atoms with Crippen LogP contribution in [0.25, 0.3) is 0 Å². The summed E-state index contributed by atoms with van der Waals surface area (Å²) >= 11 is 0. The van der Waals surface area contributed by atoms with Gasteiger partial charge in [-0.2, -0.15) is 13.2 Å². The van der Waals surface area contributed by atoms with E-state index in [1.165, 1.54) is 12.1 Å². The zero-order valence-electron chi connectivity index (χ0n) is 13.8. The Morgan fingerprint density at radius 3 is 1.85 bits per heavy atom. The third-order valence-corrected chi connectivity index (χ3v) is 4.23. The van der Waals surface area contributed by atoms with E-state index >= 15 is 0 Å². The van der Waals surface area contributed by atoms with Gasteiger partial charge in [0.2, 0.25) is 0 Å². The van der Waals surface area contributed by atoms with Crippen molar-refractivity contribution in [3.63, 3.8) is 0 Å². The zero-order valence-corrected chi connectivity index (χ0v) is 13.8. The number of halogens is 3. The first kappa shape index (κ1) is 18.6. The maximum Gasteiger partial charge on any atom is 0.432 e. The summed E-state index contributed by atoms with van der Waals surface area (Å²) in [6, 6.07) is 9.78. The molecule has 2 aromatic carbocycles. The number of benzene rings is 2. The van der Waals surface area contributed by atoms with Crippen LogP contribution < -0.4 is 4.90 Å². The molecule has 0 radical (unpaired) electrons. The molecule has 1 atom stereocenters. The molecule has 140 valence electrons. The number of carbonyl (C=O) groups is 3. The minimum Gasteiger partial charge on any atom is -0.466 e. The van der Waals surface area contributed by atoms with Gasteiger partial charge in [-0.1, -0.05) is 24.3 Å². The average molecular weight is 379 g/mol. The number of ether oxygens (including phenoxy) is 1. The molecular weight excluding hydrogens is 367 g/mol. The van der Waals surface area contributed by atoms with E-state index in [1.807, 2.05) is 0 Å². The van der Waals surface area contributed by atoms with Crippen molar-refractivity contribution >= 4 is 23.5 Å². The van der Waals surface area contributed by atoms with Gasteiger partial charge in [0.05, 0.1) is 23.9 Å². The molecule has 0 aromatic heterocycles. The summed E-state index contributed by atoms with van der Waals surface area (Å²) < 4.78 is 43.9. The number of nitrogens with zero attached hydrogens (tertiary/aromatic N) is 1. The van der Waals surface area contributed by atoms with E-state index in [0.29, 0.717) is 7.11 Å². The first-order chi connectivity index (χ1) is 12.6. The number of carbonyl (C=O) groups excluding carboxylic acids is 3. The summed E-state index contributed by atoms with van der Waals surface area (Å²) in [5.41, 5.74) is -4.33. The summed E-state index contributed by atoms with van der Waals surface area (Å²) in [5, 5.41) is 9.94. The molecule has 1 aliphatic heterocycles. The van der Waals surface area contributed by atoms with E-state index < -0.39 is 35.1 Å². The largest absolute Gasteiger partial charge is 0.466 e. The molecule has 27 heavy (non-hydrogen) atoms. The Bertz CT molecular complexity index is 904. The Hall–Kier alpha value is -3.20. The molecule has 2 aromatic rings. The number of aliphatic hydroxyl groups is 1. The Balaban J connectivity index is 2.01. The Kier molecular flexibility index (Phi) is 4.27. The molecule has 1 heterocycles. The molecule has 0 unspecified atom stereocenters. The van der Waals surface area contributed by atoms with Crippen molar-refractivity contribution in [2.45, 2.75) is 11.8 Å². The van der Waals surface area contributed by atoms with Gasteiger partial charge in [-0.05, 0) is 24.3 Å². The standard InChI is InChI=1S/C18H12F3NO5/c1-27-16(25)17(26,18(19,20)21)10-6-8-11(9-7-10)22-14(23)12-4-2-3-5-13(12)15(22)24/h2-9,26H,1H3/t17-/m0/s1. The van der Waals surface area contributed by atoms with Crippen LogP contribution in [-0.2, 0) is 15.1 Å². The van der Waals surface area contributed by atoms with Crippen molar-refractivity contribution < 1.29 is 37.4 Å². The molecule has 0 bridgehead atoms. The van der Waals surface area contributed by atoms with Crippen LogP contribution in [0, 0.1) is 0 Å². The molecule has 6 nitrogen and oxygen atoms in total. The molecule has 0 aliphatic carbocycles. The molecule has 0 saturated carbocycles. The van der Waals surface area contributed by atoms with Crippen molar-refractivity contribution in [2.75, 3.05) is 12.0 Å². The highest BCUT2D eigenvalue weighted by atomic mass is 19.4. The van der Waals surface area contributed by atoms with Gasteiger partial charge >= 0.3 is 12.1 Å². The number of imide groups is 1. The number of esters is 1. The quantitative estimate of drug-likeness (QED) is 0.654. The third kappa shape index (κ3) is 2.67. The highest BCUT2D eigenvalue weighted by Gasteiger charge is 2.62. The summed E-state index contributed by atoms with van der Waals surface area (Å²) in [4.78, 5) is 37.2. The number of methoxy groups -OCH3 is 1. The van der Waals surface area contributed by atoms with Crippen LogP contribution in [0.4, 0.5) is 18.9 Å². The van der Waals surface area contributed by atoms with Crippen LogP contribution >= 0.6 is 0 Å². The number of amides is 2. The van der Waals surface area contributed by atoms with Gasteiger partial charge in [-0.15, -0.1) is 0 Å². The van der Waals surface area contributed by atoms with Crippen LogP contribution in [0.5, 0.6) is 0 Å². The third-order valence-electron chi connectivity index (χ3n) is 4.23. The van der Waals surface area contributed by atoms with Gasteiger partial charge in [0.15, 0.2) is 0 Å². The number of rotatable bonds is 3. The van der Waals surface area contributed by atoms with Crippen molar-refractivity contribution in [3.05, 3.63) is 65.2 Å². The second-order valence-electron chi connectivity index (χ2n) is 5.74. The SMILES string of the molecule is COC(=O)[C@@](O)(c1ccc(N2C(=O)c3ccccc3C2=O)cc1)C(F)(F)F. The number of anilines is 1. The topological polar surface area (TPSA) is 83.9 Å². The van der Waals surface area contributed by atoms with E-state index in [-0.39, 0.29) is 16.8 Å². The fourth-order valence-corrected chi connectivity index (χ4v) is 2.82. The van der Waals surface area contributed by atoms with E-state index in [0.717, 1.165) is 29.2 Å². The number of hydrogen-bond donors (Lipinski definition) is 1. The highest BCUT2D eigenvalue weighted by molar-refractivity contribution is 6.34. The monoisotopic (exact) mass is 379 g/mol. The molecule has 2 amide bonds. The predicted molar refractivity (Wildman–Crippen MR) is 86.0 cm³/mol. The average Bonchev–Trinajstić information content (AvgIpc) is 2.90. The fraction of sp³-hybridized carbons (Fsp3) is 0.167. The predicted octanol–water partition coefficient (Wildman–Crippen LogP) is 2.41. The van der Waals surface area contributed by atoms with Crippen molar-refractivity contribution in [1.82, 2.24) is 0 Å². The lowest BCUT2D eigenvalue weighted by Crippen LogP contribution is -2.49. The number of alkyl halides is 3. The smallest absolute Gasteiger partial charge is 0.432 e. The molecule has 0 fully saturated rings. The molecule has 0 spiro atoms. The van der Waals surface area contributed by atoms with Crippen molar-refractivity contribution in [1.29, 1.82) is 0 Å². The second-order valence-corrected chi connectivity index (χ2v) is 5.74. The van der Waals surface area contributed by atoms with Crippen LogP contribution in [-0.4, -0.2) is 36.2 Å². The molecule has 1 aliphatic rings. The maximum atomic E-state index is 13.3. The van der Waals surface area contributed by atoms with Crippen LogP contribution in [0.1, 0.15) is 26.3 Å². The molecule has 3 rings (SSSR count). The number of hydrogen-bond acceptors (Lipinski definition) is 5. The fourth-order valence-electron chi connectivity index (χ4n) is 2.82. The lowest BCUT2D eigenvalue weighted by atomic mass is 9.93. The molecule has 9 heteroatoms. The first-order valence-electron chi connectivity index (χ1n) is 7.58. The molecule has 1 N–H and O–H groups in total. The summed E-state index contributed by atoms with van der Waals surface area (Å²) in [7, 11) is 0.714. The second kappa shape index (κ2) is 6.20. The summed E-state index contributed by atoms with van der Waals surface area (Å²) in [6.45, 7) is 0. The van der Waals surface area contributed by atoms with Gasteiger partial charge < -0.3 is 9.84 Å². The highest BCUT2D eigenvalue weighted by Crippen LogP contribution is 2.40. The Morgan fingerprint density at radius 1 is 0.963 bits per heavy atom. The Morgan fingerprint density at radius 2 is 1.44 bits per heavy atom. The zero-order chi connectivity index (χ0) is 20.0. The minimum absolute atomic E-state index is 0.000611. The van der Waals surface area contributed by atoms with E-state index in [9.17, 15) is 32.7 Å². The van der Waals surface area contributed by atoms with Crippen molar-refractivity contribution in [3.8, 4) is 0 Å². The molecular formula is C18H12F3NO5. The maximum absolute atomic E-state index is 13.3. The lowest BCUT2D eigenvalue weighted by molar-refractivity contribution is -0.266. The van der Waals surface area contributed by atoms with E-state index in [1.54, 1.807) is 12.1 Å². The van der Waals surface area contributed by atoms with Crippen LogP contribution in [0.2, 0.25) is 0 Å². The van der Waals surface area contributed by atoms with Crippen LogP contribution in [0.15, 0.2) is 48.5 Å². The summed E-state index contributed by atoms with van der Waals surface area (Å²) in [5.74, 6) is -3.15. The first-order valence-corrected chi connectivity index (χ1v) is 7.58.